The highest BCUT2D eigenvalue weighted by atomic mass is 79.9. The number of methoxy groups -OCH3 is 2. The summed E-state index contributed by atoms with van der Waals surface area (Å²) in [5.74, 6) is 6.31. The minimum absolute atomic E-state index is 0.302. The number of carboxylic acids is 1. The number of carboxylic acid groups (broad SMARTS) is 1. The zero-order chi connectivity index (χ0) is 23.6. The van der Waals surface area contributed by atoms with Gasteiger partial charge in [-0.1, -0.05) is 30.9 Å². The molecule has 0 amide bonds. The van der Waals surface area contributed by atoms with E-state index in [0.717, 1.165) is 15.8 Å². The third kappa shape index (κ3) is 6.99. The predicted octanol–water partition coefficient (Wildman–Crippen LogP) is 4.86. The lowest BCUT2D eigenvalue weighted by molar-refractivity contribution is -0.151. The van der Waals surface area contributed by atoms with E-state index in [2.05, 4.69) is 27.8 Å². The number of benzene rings is 1. The molecule has 0 radical (unpaired) electrons. The lowest BCUT2D eigenvalue weighted by Crippen LogP contribution is -2.29. The van der Waals surface area contributed by atoms with Crippen molar-refractivity contribution in [3.8, 4) is 17.6 Å². The largest absolute Gasteiger partial charge is 0.501 e. The number of allylic oxidation sites excluding steroid dienone is 3. The van der Waals surface area contributed by atoms with Gasteiger partial charge in [-0.3, -0.25) is 0 Å². The molecular weight excluding hydrogens is 476 g/mol. The number of hydrogen-bond donors (Lipinski definition) is 1. The average molecular weight is 505 g/mol. The van der Waals surface area contributed by atoms with Crippen LogP contribution in [0.15, 0.2) is 58.8 Å². The maximum atomic E-state index is 11.5. The normalized spacial score (nSPS) is 19.6. The van der Waals surface area contributed by atoms with Crippen LogP contribution in [-0.2, 0) is 19.0 Å². The third-order valence-electron chi connectivity index (χ3n) is 5.06. The summed E-state index contributed by atoms with van der Waals surface area (Å²) in [6.07, 6.45) is 8.88. The molecule has 2 rings (SSSR count). The molecule has 0 bridgehead atoms. The van der Waals surface area contributed by atoms with Crippen molar-refractivity contribution in [2.45, 2.75) is 37.9 Å². The van der Waals surface area contributed by atoms with Crippen LogP contribution in [0.3, 0.4) is 0 Å². The summed E-state index contributed by atoms with van der Waals surface area (Å²) in [5, 5.41) is 9.39. The lowest BCUT2D eigenvalue weighted by atomic mass is 9.94. The van der Waals surface area contributed by atoms with E-state index < -0.39 is 17.7 Å². The molecule has 0 spiro atoms. The Morgan fingerprint density at radius 2 is 2.16 bits per heavy atom. The fourth-order valence-electron chi connectivity index (χ4n) is 3.21. The maximum Gasteiger partial charge on any atom is 0.333 e. The SMILES string of the molecule is CCOC(C(=O)O)C(C)c1ccc(OC/C=C\C#CC2(OC)C=CC=C(OC)C2)c(Br)c1. The van der Waals surface area contributed by atoms with E-state index in [1.807, 2.05) is 49.4 Å². The zero-order valence-electron chi connectivity index (χ0n) is 18.8. The second kappa shape index (κ2) is 12.5. The van der Waals surface area contributed by atoms with Crippen LogP contribution < -0.4 is 4.74 Å². The molecule has 1 aromatic rings. The summed E-state index contributed by atoms with van der Waals surface area (Å²) in [4.78, 5) is 11.5. The lowest BCUT2D eigenvalue weighted by Gasteiger charge is -2.26. The number of ether oxygens (including phenoxy) is 4. The van der Waals surface area contributed by atoms with Crippen LogP contribution in [0.2, 0.25) is 0 Å². The molecule has 6 nitrogen and oxygen atoms in total. The molecule has 0 saturated heterocycles. The van der Waals surface area contributed by atoms with Gasteiger partial charge in [-0.05, 0) is 64.9 Å². The maximum absolute atomic E-state index is 11.5. The smallest absolute Gasteiger partial charge is 0.333 e. The van der Waals surface area contributed by atoms with Crippen LogP contribution >= 0.6 is 15.9 Å². The third-order valence-corrected chi connectivity index (χ3v) is 5.68. The molecule has 0 saturated carbocycles. The van der Waals surface area contributed by atoms with E-state index in [9.17, 15) is 9.90 Å². The Bertz CT molecular complexity index is 939. The molecule has 1 aromatic carbocycles. The Kier molecular flexibility index (Phi) is 10.0. The highest BCUT2D eigenvalue weighted by molar-refractivity contribution is 9.10. The molecule has 172 valence electrons. The first-order valence-electron chi connectivity index (χ1n) is 10.3. The van der Waals surface area contributed by atoms with E-state index in [-0.39, 0.29) is 5.92 Å². The van der Waals surface area contributed by atoms with Crippen molar-refractivity contribution < 1.29 is 28.8 Å². The fourth-order valence-corrected chi connectivity index (χ4v) is 3.73. The van der Waals surface area contributed by atoms with Gasteiger partial charge in [-0.15, -0.1) is 0 Å². The number of halogens is 1. The molecule has 0 heterocycles. The van der Waals surface area contributed by atoms with Gasteiger partial charge < -0.3 is 24.1 Å². The molecule has 0 aromatic heterocycles. The van der Waals surface area contributed by atoms with Gasteiger partial charge >= 0.3 is 5.97 Å². The van der Waals surface area contributed by atoms with E-state index >= 15 is 0 Å². The Morgan fingerprint density at radius 1 is 1.38 bits per heavy atom. The van der Waals surface area contributed by atoms with Crippen LogP contribution in [0, 0.1) is 11.8 Å². The van der Waals surface area contributed by atoms with Crippen molar-refractivity contribution in [1.29, 1.82) is 0 Å². The van der Waals surface area contributed by atoms with Crippen molar-refractivity contribution in [3.05, 3.63) is 64.4 Å². The van der Waals surface area contributed by atoms with Crippen LogP contribution in [0.5, 0.6) is 5.75 Å². The standard InChI is InChI=1S/C25H29BrO6/c1-5-31-23(24(27)28)18(2)19-11-12-22(21(26)16-19)32-15-8-6-7-13-25(30-4)14-9-10-20(17-25)29-3/h6,8-12,14,16,18,23H,5,15,17H2,1-4H3,(H,27,28)/b8-6-. The van der Waals surface area contributed by atoms with Gasteiger partial charge in [0.2, 0.25) is 0 Å². The summed E-state index contributed by atoms with van der Waals surface area (Å²) in [6.45, 7) is 4.28. The quantitative estimate of drug-likeness (QED) is 0.458. The number of hydrogen-bond acceptors (Lipinski definition) is 5. The molecule has 32 heavy (non-hydrogen) atoms. The first-order chi connectivity index (χ1) is 15.4. The van der Waals surface area contributed by atoms with Crippen molar-refractivity contribution in [1.82, 2.24) is 0 Å². The second-order valence-electron chi connectivity index (χ2n) is 7.14. The minimum Gasteiger partial charge on any atom is -0.501 e. The summed E-state index contributed by atoms with van der Waals surface area (Å²) in [5.41, 5.74) is 0.150. The van der Waals surface area contributed by atoms with Gasteiger partial charge in [0.25, 0.3) is 0 Å². The molecule has 3 unspecified atom stereocenters. The molecular formula is C25H29BrO6. The van der Waals surface area contributed by atoms with Gasteiger partial charge in [0.1, 0.15) is 12.4 Å². The van der Waals surface area contributed by atoms with E-state index in [1.54, 1.807) is 27.2 Å². The van der Waals surface area contributed by atoms with Crippen molar-refractivity contribution >= 4 is 21.9 Å². The fraction of sp³-hybridized carbons (Fsp3) is 0.400. The number of rotatable bonds is 10. The average Bonchev–Trinajstić information content (AvgIpc) is 2.80. The highest BCUT2D eigenvalue weighted by Gasteiger charge is 2.28. The van der Waals surface area contributed by atoms with Crippen LogP contribution in [0.25, 0.3) is 0 Å². The zero-order valence-corrected chi connectivity index (χ0v) is 20.3. The Hall–Kier alpha value is -2.53. The second-order valence-corrected chi connectivity index (χ2v) is 8.00. The minimum atomic E-state index is -0.976. The van der Waals surface area contributed by atoms with Crippen LogP contribution in [-0.4, -0.2) is 50.2 Å². The molecule has 1 aliphatic carbocycles. The van der Waals surface area contributed by atoms with Crippen molar-refractivity contribution in [3.63, 3.8) is 0 Å². The summed E-state index contributed by atoms with van der Waals surface area (Å²) in [7, 11) is 3.25. The van der Waals surface area contributed by atoms with Crippen molar-refractivity contribution in [2.75, 3.05) is 27.4 Å². The molecule has 0 aliphatic heterocycles. The summed E-state index contributed by atoms with van der Waals surface area (Å²) < 4.78 is 22.8. The van der Waals surface area contributed by atoms with Gasteiger partial charge in [-0.2, -0.15) is 0 Å². The Balaban J connectivity index is 1.96. The Labute approximate surface area is 198 Å². The van der Waals surface area contributed by atoms with Gasteiger partial charge in [0.15, 0.2) is 11.7 Å². The molecule has 7 heteroatoms. The van der Waals surface area contributed by atoms with E-state index in [4.69, 9.17) is 18.9 Å². The topological polar surface area (TPSA) is 74.2 Å². The molecule has 0 fully saturated rings. The van der Waals surface area contributed by atoms with Crippen LogP contribution in [0.1, 0.15) is 31.7 Å². The molecule has 1 aliphatic rings. The van der Waals surface area contributed by atoms with Crippen LogP contribution in [0.4, 0.5) is 0 Å². The predicted molar refractivity (Wildman–Crippen MR) is 127 cm³/mol. The first kappa shape index (κ1) is 25.7. The van der Waals surface area contributed by atoms with Crippen molar-refractivity contribution in [2.24, 2.45) is 0 Å². The van der Waals surface area contributed by atoms with Gasteiger partial charge in [-0.25, -0.2) is 4.79 Å². The Morgan fingerprint density at radius 3 is 2.78 bits per heavy atom. The first-order valence-corrected chi connectivity index (χ1v) is 11.1. The van der Waals surface area contributed by atoms with E-state index in [1.165, 1.54) is 0 Å². The summed E-state index contributed by atoms with van der Waals surface area (Å²) in [6, 6.07) is 5.52. The monoisotopic (exact) mass is 504 g/mol. The van der Waals surface area contributed by atoms with Gasteiger partial charge in [0.05, 0.1) is 17.3 Å². The van der Waals surface area contributed by atoms with Gasteiger partial charge in [0, 0.05) is 26.1 Å². The summed E-state index contributed by atoms with van der Waals surface area (Å²) >= 11 is 3.50. The number of aliphatic carboxylic acids is 1. The highest BCUT2D eigenvalue weighted by Crippen LogP contribution is 2.31. The molecule has 1 N–H and O–H groups in total. The molecule has 3 atom stereocenters. The number of carbonyl (C=O) groups is 1. The van der Waals surface area contributed by atoms with E-state index in [0.29, 0.717) is 25.4 Å².